The second-order valence-electron chi connectivity index (χ2n) is 8.17. The Bertz CT molecular complexity index is 1140. The van der Waals surface area contributed by atoms with E-state index < -0.39 is 27.0 Å². The number of carbonyl (C=O) groups is 3. The molecule has 1 N–H and O–H groups in total. The summed E-state index contributed by atoms with van der Waals surface area (Å²) in [5.41, 5.74) is 1.18. The average molecular weight is 506 g/mol. The van der Waals surface area contributed by atoms with Gasteiger partial charge in [-0.25, -0.2) is 8.42 Å². The second-order valence-corrected chi connectivity index (χ2v) is 10.6. The van der Waals surface area contributed by atoms with Gasteiger partial charge in [-0.3, -0.25) is 14.4 Å². The highest BCUT2D eigenvalue weighted by atomic mass is 35.5. The summed E-state index contributed by atoms with van der Waals surface area (Å²) in [6.45, 7) is 4.77. The molecule has 34 heavy (non-hydrogen) atoms. The highest BCUT2D eigenvalue weighted by molar-refractivity contribution is 7.92. The van der Waals surface area contributed by atoms with E-state index in [-0.39, 0.29) is 29.5 Å². The van der Waals surface area contributed by atoms with Gasteiger partial charge < -0.3 is 15.1 Å². The van der Waals surface area contributed by atoms with Gasteiger partial charge in [0.15, 0.2) is 0 Å². The topological polar surface area (TPSA) is 104 Å². The molecule has 1 unspecified atom stereocenters. The Hall–Kier alpha value is -2.91. The smallest absolute Gasteiger partial charge is 0.261 e. The molecule has 2 aromatic carbocycles. The van der Waals surface area contributed by atoms with E-state index in [1.807, 2.05) is 13.8 Å². The molecule has 182 valence electrons. The summed E-state index contributed by atoms with van der Waals surface area (Å²) in [5, 5.41) is 0.952. The Morgan fingerprint density at radius 3 is 2.06 bits per heavy atom. The zero-order chi connectivity index (χ0) is 24.9. The van der Waals surface area contributed by atoms with Crippen molar-refractivity contribution in [2.24, 2.45) is 0 Å². The summed E-state index contributed by atoms with van der Waals surface area (Å²) in [6.07, 6.45) is 1.15. The quantitative estimate of drug-likeness (QED) is 0.623. The molecule has 0 radical (unpaired) electrons. The van der Waals surface area contributed by atoms with E-state index in [9.17, 15) is 22.8 Å². The number of hydrogen-bond acceptors (Lipinski definition) is 5. The van der Waals surface area contributed by atoms with Crippen molar-refractivity contribution in [3.05, 3.63) is 64.7 Å². The molecule has 1 atom stereocenters. The number of nitrogens with zero attached hydrogens (tertiary/aromatic N) is 2. The van der Waals surface area contributed by atoms with Gasteiger partial charge in [-0.2, -0.15) is 0 Å². The summed E-state index contributed by atoms with van der Waals surface area (Å²) >= 11 is 5.89. The monoisotopic (exact) mass is 505 g/mol. The number of carbonyl (C=O) groups excluding carboxylic acids is 3. The first kappa shape index (κ1) is 25.7. The largest absolute Gasteiger partial charge is 0.339 e. The maximum absolute atomic E-state index is 13.4. The summed E-state index contributed by atoms with van der Waals surface area (Å²) in [6, 6.07) is 12.0. The third-order valence-corrected chi connectivity index (χ3v) is 7.78. The lowest BCUT2D eigenvalue weighted by atomic mass is 10.1. The van der Waals surface area contributed by atoms with Gasteiger partial charge >= 0.3 is 0 Å². The minimum atomic E-state index is -4.28. The Labute approximate surface area is 204 Å². The predicted molar refractivity (Wildman–Crippen MR) is 129 cm³/mol. The van der Waals surface area contributed by atoms with Gasteiger partial charge in [0, 0.05) is 43.2 Å². The first-order valence-corrected chi connectivity index (χ1v) is 13.0. The number of amides is 3. The lowest BCUT2D eigenvalue weighted by molar-refractivity contribution is -0.139. The van der Waals surface area contributed by atoms with Crippen LogP contribution in [0.2, 0.25) is 5.02 Å². The fraction of sp³-hybridized carbons (Fsp3) is 0.375. The molecule has 1 fully saturated rings. The van der Waals surface area contributed by atoms with Crippen LogP contribution in [0.4, 0.5) is 0 Å². The highest BCUT2D eigenvalue weighted by Gasteiger charge is 2.39. The Morgan fingerprint density at radius 1 is 0.941 bits per heavy atom. The van der Waals surface area contributed by atoms with Gasteiger partial charge in [0.05, 0.1) is 4.90 Å². The Balaban J connectivity index is 1.86. The minimum absolute atomic E-state index is 0.00704. The maximum Gasteiger partial charge on any atom is 0.261 e. The molecule has 2 aromatic rings. The Morgan fingerprint density at radius 2 is 1.50 bits per heavy atom. The zero-order valence-electron chi connectivity index (χ0n) is 19.2. The van der Waals surface area contributed by atoms with Crippen molar-refractivity contribution >= 4 is 39.2 Å². The van der Waals surface area contributed by atoms with Crippen molar-refractivity contribution in [2.45, 2.75) is 37.0 Å². The standard InChI is InChI=1S/C24H28ClN3O5S/c1-3-4-21(29)27-13-15-28(16-14-27)24(31)23(26-22(30)18-7-5-17(2)6-8-18)34(32,33)20-11-9-19(25)10-12-20/h5-12,23H,3-4,13-16H2,1-2H3,(H,26,30). The molecule has 0 aromatic heterocycles. The molecule has 3 amide bonds. The zero-order valence-corrected chi connectivity index (χ0v) is 20.7. The van der Waals surface area contributed by atoms with Crippen molar-refractivity contribution in [2.75, 3.05) is 26.2 Å². The van der Waals surface area contributed by atoms with Crippen LogP contribution in [0.5, 0.6) is 0 Å². The average Bonchev–Trinajstić information content (AvgIpc) is 2.83. The van der Waals surface area contributed by atoms with E-state index in [0.717, 1.165) is 12.0 Å². The van der Waals surface area contributed by atoms with E-state index in [2.05, 4.69) is 5.32 Å². The first-order chi connectivity index (χ1) is 16.1. The molecule has 1 saturated heterocycles. The Kier molecular flexibility index (Phi) is 8.33. The lowest BCUT2D eigenvalue weighted by Crippen LogP contribution is -2.57. The van der Waals surface area contributed by atoms with Gasteiger partial charge in [-0.05, 0) is 49.7 Å². The molecule has 3 rings (SSSR count). The number of benzene rings is 2. The number of hydrogen-bond donors (Lipinski definition) is 1. The fourth-order valence-electron chi connectivity index (χ4n) is 3.65. The highest BCUT2D eigenvalue weighted by Crippen LogP contribution is 2.20. The molecular weight excluding hydrogens is 478 g/mol. The van der Waals surface area contributed by atoms with Crippen LogP contribution in [0.25, 0.3) is 0 Å². The van der Waals surface area contributed by atoms with Crippen LogP contribution in [0.1, 0.15) is 35.7 Å². The van der Waals surface area contributed by atoms with Crippen LogP contribution < -0.4 is 5.32 Å². The van der Waals surface area contributed by atoms with Gasteiger partial charge in [0.1, 0.15) is 0 Å². The van der Waals surface area contributed by atoms with Crippen LogP contribution >= 0.6 is 11.6 Å². The molecule has 10 heteroatoms. The molecule has 8 nitrogen and oxygen atoms in total. The lowest BCUT2D eigenvalue weighted by Gasteiger charge is -2.36. The normalized spacial score (nSPS) is 15.0. The molecule has 1 aliphatic rings. The number of piperazine rings is 1. The number of sulfone groups is 1. The van der Waals surface area contributed by atoms with Gasteiger partial charge in [-0.1, -0.05) is 36.2 Å². The number of halogens is 1. The first-order valence-electron chi connectivity index (χ1n) is 11.1. The molecule has 0 saturated carbocycles. The fourth-order valence-corrected chi connectivity index (χ4v) is 5.24. The third kappa shape index (κ3) is 5.95. The van der Waals surface area contributed by atoms with Gasteiger partial charge in [-0.15, -0.1) is 0 Å². The summed E-state index contributed by atoms with van der Waals surface area (Å²) in [4.78, 5) is 41.4. The SMILES string of the molecule is CCCC(=O)N1CCN(C(=O)C(NC(=O)c2ccc(C)cc2)S(=O)(=O)c2ccc(Cl)cc2)CC1. The van der Waals surface area contributed by atoms with Crippen LogP contribution in [0, 0.1) is 6.92 Å². The van der Waals surface area contributed by atoms with Gasteiger partial charge in [0.25, 0.3) is 11.8 Å². The van der Waals surface area contributed by atoms with Crippen molar-refractivity contribution in [1.29, 1.82) is 0 Å². The number of aryl methyl sites for hydroxylation is 1. The van der Waals surface area contributed by atoms with Crippen LogP contribution in [0.3, 0.4) is 0 Å². The van der Waals surface area contributed by atoms with E-state index >= 15 is 0 Å². The number of nitrogens with one attached hydrogen (secondary N) is 1. The van der Waals surface area contributed by atoms with Crippen LogP contribution in [-0.4, -0.2) is 67.5 Å². The van der Waals surface area contributed by atoms with Crippen molar-refractivity contribution in [3.8, 4) is 0 Å². The molecule has 0 spiro atoms. The van der Waals surface area contributed by atoms with E-state index in [1.165, 1.54) is 29.2 Å². The van der Waals surface area contributed by atoms with E-state index in [1.54, 1.807) is 29.2 Å². The molecule has 1 heterocycles. The van der Waals surface area contributed by atoms with Crippen molar-refractivity contribution in [1.82, 2.24) is 15.1 Å². The maximum atomic E-state index is 13.4. The van der Waals surface area contributed by atoms with Crippen LogP contribution in [0.15, 0.2) is 53.4 Å². The van der Waals surface area contributed by atoms with Crippen molar-refractivity contribution in [3.63, 3.8) is 0 Å². The summed E-state index contributed by atoms with van der Waals surface area (Å²) in [7, 11) is -4.28. The minimum Gasteiger partial charge on any atom is -0.339 e. The van der Waals surface area contributed by atoms with Gasteiger partial charge in [0.2, 0.25) is 21.1 Å². The second kappa shape index (κ2) is 11.0. The van der Waals surface area contributed by atoms with Crippen LogP contribution in [-0.2, 0) is 19.4 Å². The third-order valence-electron chi connectivity index (χ3n) is 5.66. The predicted octanol–water partition coefficient (Wildman–Crippen LogP) is 2.65. The molecule has 0 bridgehead atoms. The summed E-state index contributed by atoms with van der Waals surface area (Å²) < 4.78 is 26.9. The molecule has 0 aliphatic carbocycles. The number of rotatable bonds is 7. The summed E-state index contributed by atoms with van der Waals surface area (Å²) in [5.74, 6) is -1.40. The van der Waals surface area contributed by atoms with E-state index in [4.69, 9.17) is 11.6 Å². The van der Waals surface area contributed by atoms with E-state index in [0.29, 0.717) is 24.5 Å². The molecular formula is C24H28ClN3O5S. The molecule has 1 aliphatic heterocycles. The van der Waals surface area contributed by atoms with Crippen molar-refractivity contribution < 1.29 is 22.8 Å².